The lowest BCUT2D eigenvalue weighted by Crippen LogP contribution is -2.36. The zero-order chi connectivity index (χ0) is 14.5. The summed E-state index contributed by atoms with van der Waals surface area (Å²) in [5, 5.41) is 12.1. The van der Waals surface area contributed by atoms with Gasteiger partial charge in [0.1, 0.15) is 0 Å². The Morgan fingerprint density at radius 2 is 1.70 bits per heavy atom. The van der Waals surface area contributed by atoms with Crippen LogP contribution in [0.4, 0.5) is 0 Å². The molecule has 0 aromatic heterocycles. The fraction of sp³-hybridized carbons (Fsp3) is 0.875. The summed E-state index contributed by atoms with van der Waals surface area (Å²) in [7, 11) is 0. The van der Waals surface area contributed by atoms with Gasteiger partial charge in [-0.3, -0.25) is 9.59 Å². The maximum atomic E-state index is 12.1. The Hall–Kier alpha value is -1.06. The molecule has 0 spiro atoms. The zero-order valence-electron chi connectivity index (χ0n) is 12.4. The second-order valence-corrected chi connectivity index (χ2v) is 6.69. The maximum Gasteiger partial charge on any atom is 0.307 e. The molecule has 0 unspecified atom stereocenters. The number of rotatable bonds is 5. The van der Waals surface area contributed by atoms with E-state index in [2.05, 4.69) is 12.2 Å². The van der Waals surface area contributed by atoms with Gasteiger partial charge in [-0.25, -0.2) is 0 Å². The molecule has 0 aromatic rings. The van der Waals surface area contributed by atoms with Gasteiger partial charge in [0.05, 0.1) is 11.8 Å². The van der Waals surface area contributed by atoms with E-state index in [1.165, 1.54) is 25.7 Å². The van der Waals surface area contributed by atoms with E-state index in [4.69, 9.17) is 5.11 Å². The van der Waals surface area contributed by atoms with Crippen molar-refractivity contribution in [1.29, 1.82) is 0 Å². The van der Waals surface area contributed by atoms with Gasteiger partial charge < -0.3 is 10.4 Å². The van der Waals surface area contributed by atoms with Crippen LogP contribution in [0.1, 0.15) is 58.3 Å². The van der Waals surface area contributed by atoms with E-state index in [0.29, 0.717) is 13.0 Å². The molecule has 2 fully saturated rings. The van der Waals surface area contributed by atoms with Crippen molar-refractivity contribution in [2.24, 2.45) is 23.7 Å². The minimum atomic E-state index is -0.816. The molecule has 0 bridgehead atoms. The molecule has 20 heavy (non-hydrogen) atoms. The minimum Gasteiger partial charge on any atom is -0.481 e. The number of hydrogen-bond acceptors (Lipinski definition) is 2. The Kier molecular flexibility index (Phi) is 5.44. The molecule has 0 aliphatic heterocycles. The third-order valence-electron chi connectivity index (χ3n) is 5.16. The monoisotopic (exact) mass is 281 g/mol. The van der Waals surface area contributed by atoms with Crippen molar-refractivity contribution < 1.29 is 14.7 Å². The third-order valence-corrected chi connectivity index (χ3v) is 5.16. The fourth-order valence-corrected chi connectivity index (χ4v) is 3.72. The summed E-state index contributed by atoms with van der Waals surface area (Å²) in [5.74, 6) is -0.0339. The van der Waals surface area contributed by atoms with E-state index in [-0.39, 0.29) is 11.8 Å². The van der Waals surface area contributed by atoms with Crippen LogP contribution in [0.3, 0.4) is 0 Å². The highest BCUT2D eigenvalue weighted by Crippen LogP contribution is 2.32. The van der Waals surface area contributed by atoms with Gasteiger partial charge in [-0.2, -0.15) is 0 Å². The molecule has 2 atom stereocenters. The Labute approximate surface area is 121 Å². The van der Waals surface area contributed by atoms with Crippen LogP contribution in [0.5, 0.6) is 0 Å². The SMILES string of the molecule is CC1CCC(CCNC(=O)[C@@H]2CCC[C@@H]2C(=O)O)CC1. The average molecular weight is 281 g/mol. The highest BCUT2D eigenvalue weighted by molar-refractivity contribution is 5.85. The lowest BCUT2D eigenvalue weighted by atomic mass is 9.81. The van der Waals surface area contributed by atoms with Gasteiger partial charge in [0.2, 0.25) is 5.91 Å². The van der Waals surface area contributed by atoms with E-state index in [1.807, 2.05) is 0 Å². The Bertz CT molecular complexity index is 348. The standard InChI is InChI=1S/C16H27NO3/c1-11-5-7-12(8-6-11)9-10-17-15(18)13-3-2-4-14(13)16(19)20/h11-14H,2-10H2,1H3,(H,17,18)(H,19,20)/t11?,12?,13-,14+/m1/s1. The molecule has 0 aromatic carbocycles. The highest BCUT2D eigenvalue weighted by Gasteiger charge is 2.37. The number of carbonyl (C=O) groups excluding carboxylic acids is 1. The molecule has 0 heterocycles. The van der Waals surface area contributed by atoms with Crippen LogP contribution in [0.15, 0.2) is 0 Å². The quantitative estimate of drug-likeness (QED) is 0.814. The van der Waals surface area contributed by atoms with Gasteiger partial charge in [0, 0.05) is 6.54 Å². The van der Waals surface area contributed by atoms with Crippen LogP contribution in [-0.4, -0.2) is 23.5 Å². The lowest BCUT2D eigenvalue weighted by molar-refractivity contribution is -0.146. The summed E-state index contributed by atoms with van der Waals surface area (Å²) in [6.45, 7) is 3.02. The average Bonchev–Trinajstić information content (AvgIpc) is 2.90. The Balaban J connectivity index is 1.68. The molecule has 2 aliphatic rings. The molecule has 4 heteroatoms. The van der Waals surface area contributed by atoms with Crippen molar-refractivity contribution in [3.8, 4) is 0 Å². The fourth-order valence-electron chi connectivity index (χ4n) is 3.72. The largest absolute Gasteiger partial charge is 0.481 e. The summed E-state index contributed by atoms with van der Waals surface area (Å²) in [4.78, 5) is 23.2. The van der Waals surface area contributed by atoms with Crippen molar-refractivity contribution in [2.45, 2.75) is 58.3 Å². The van der Waals surface area contributed by atoms with Gasteiger partial charge >= 0.3 is 5.97 Å². The third kappa shape index (κ3) is 3.97. The van der Waals surface area contributed by atoms with Gasteiger partial charge in [-0.15, -0.1) is 0 Å². The van der Waals surface area contributed by atoms with Crippen molar-refractivity contribution in [3.05, 3.63) is 0 Å². The number of amides is 1. The van der Waals surface area contributed by atoms with E-state index in [9.17, 15) is 9.59 Å². The second-order valence-electron chi connectivity index (χ2n) is 6.69. The topological polar surface area (TPSA) is 66.4 Å². The predicted octanol–water partition coefficient (Wildman–Crippen LogP) is 2.82. The van der Waals surface area contributed by atoms with Gasteiger partial charge in [-0.05, 0) is 31.1 Å². The van der Waals surface area contributed by atoms with E-state index >= 15 is 0 Å². The smallest absolute Gasteiger partial charge is 0.307 e. The molecule has 2 saturated carbocycles. The first-order valence-corrected chi connectivity index (χ1v) is 8.08. The predicted molar refractivity (Wildman–Crippen MR) is 77.2 cm³/mol. The van der Waals surface area contributed by atoms with Gasteiger partial charge in [0.15, 0.2) is 0 Å². The molecular weight excluding hydrogens is 254 g/mol. The number of nitrogens with one attached hydrogen (secondary N) is 1. The van der Waals surface area contributed by atoms with Gasteiger partial charge in [0.25, 0.3) is 0 Å². The van der Waals surface area contributed by atoms with Crippen LogP contribution in [0, 0.1) is 23.7 Å². The number of carboxylic acids is 1. The normalized spacial score (nSPS) is 33.9. The first-order chi connectivity index (χ1) is 9.58. The van der Waals surface area contributed by atoms with Crippen molar-refractivity contribution in [2.75, 3.05) is 6.54 Å². The zero-order valence-corrected chi connectivity index (χ0v) is 12.4. The van der Waals surface area contributed by atoms with Crippen molar-refractivity contribution in [1.82, 2.24) is 5.32 Å². The molecule has 2 N–H and O–H groups in total. The van der Waals surface area contributed by atoms with Crippen LogP contribution in [0.2, 0.25) is 0 Å². The molecule has 1 amide bonds. The molecule has 114 valence electrons. The summed E-state index contributed by atoms with van der Waals surface area (Å²) >= 11 is 0. The summed E-state index contributed by atoms with van der Waals surface area (Å²) in [5.41, 5.74) is 0. The van der Waals surface area contributed by atoms with Gasteiger partial charge in [-0.1, -0.05) is 39.0 Å². The summed E-state index contributed by atoms with van der Waals surface area (Å²) < 4.78 is 0. The van der Waals surface area contributed by atoms with Crippen molar-refractivity contribution >= 4 is 11.9 Å². The number of aliphatic carboxylic acids is 1. The molecule has 2 aliphatic carbocycles. The highest BCUT2D eigenvalue weighted by atomic mass is 16.4. The summed E-state index contributed by atoms with van der Waals surface area (Å²) in [6, 6.07) is 0. The maximum absolute atomic E-state index is 12.1. The second kappa shape index (κ2) is 7.09. The number of hydrogen-bond donors (Lipinski definition) is 2. The number of carbonyl (C=O) groups is 2. The molecule has 4 nitrogen and oxygen atoms in total. The van der Waals surface area contributed by atoms with Crippen LogP contribution in [-0.2, 0) is 9.59 Å². The van der Waals surface area contributed by atoms with Crippen LogP contribution >= 0.6 is 0 Å². The van der Waals surface area contributed by atoms with E-state index in [0.717, 1.165) is 31.1 Å². The van der Waals surface area contributed by atoms with E-state index in [1.54, 1.807) is 0 Å². The summed E-state index contributed by atoms with van der Waals surface area (Å²) in [6.07, 6.45) is 8.44. The Morgan fingerprint density at radius 3 is 2.35 bits per heavy atom. The molecule has 0 radical (unpaired) electrons. The van der Waals surface area contributed by atoms with Crippen molar-refractivity contribution in [3.63, 3.8) is 0 Å². The molecule has 0 saturated heterocycles. The Morgan fingerprint density at radius 1 is 1.05 bits per heavy atom. The first-order valence-electron chi connectivity index (χ1n) is 8.08. The minimum absolute atomic E-state index is 0.0425. The first kappa shape index (κ1) is 15.3. The van der Waals surface area contributed by atoms with Crippen LogP contribution < -0.4 is 5.32 Å². The molecular formula is C16H27NO3. The lowest BCUT2D eigenvalue weighted by Gasteiger charge is -2.26. The van der Waals surface area contributed by atoms with E-state index < -0.39 is 11.9 Å². The number of carboxylic acid groups (broad SMARTS) is 1. The molecule has 2 rings (SSSR count). The van der Waals surface area contributed by atoms with Crippen LogP contribution in [0.25, 0.3) is 0 Å².